The molecule has 1 aromatic heterocycles. The number of fused-ring (bicyclic) bond motifs is 1. The summed E-state index contributed by atoms with van der Waals surface area (Å²) in [6.45, 7) is 3.97. The second-order valence-electron chi connectivity index (χ2n) is 7.64. The average molecular weight is 437 g/mol. The van der Waals surface area contributed by atoms with Crippen molar-refractivity contribution >= 4 is 26.7 Å². The molecular formula is C23H24N4O3S. The molecule has 0 atom stereocenters. The van der Waals surface area contributed by atoms with E-state index in [9.17, 15) is 13.2 Å². The summed E-state index contributed by atoms with van der Waals surface area (Å²) in [6, 6.07) is 13.9. The number of H-pyrrole nitrogens is 1. The Balaban J connectivity index is 1.41. The van der Waals surface area contributed by atoms with Gasteiger partial charge in [0.05, 0.1) is 23.1 Å². The van der Waals surface area contributed by atoms with Crippen molar-refractivity contribution < 1.29 is 13.2 Å². The van der Waals surface area contributed by atoms with Crippen LogP contribution in [-0.2, 0) is 16.4 Å². The number of aromatic nitrogens is 1. The smallest absolute Gasteiger partial charge is 0.243 e. The molecule has 3 aromatic rings. The van der Waals surface area contributed by atoms with Crippen molar-refractivity contribution in [1.29, 1.82) is 5.26 Å². The molecule has 0 radical (unpaired) electrons. The third-order valence-corrected chi connectivity index (χ3v) is 7.72. The summed E-state index contributed by atoms with van der Waals surface area (Å²) in [6.07, 6.45) is 2.67. The molecule has 31 heavy (non-hydrogen) atoms. The summed E-state index contributed by atoms with van der Waals surface area (Å²) < 4.78 is 27.2. The standard InChI is InChI=1S/C23H24N4O3S/c1-2-18-4-3-5-20-21(15-25-23(18)20)22(28)16-26-10-12-27(13-11-26)31(29,30)19-8-6-17(14-24)7-9-19/h3-9,15,25H,2,10-13,16H2,1H3. The molecule has 2 heterocycles. The average Bonchev–Trinajstić information content (AvgIpc) is 3.24. The number of nitrogens with zero attached hydrogens (tertiary/aromatic N) is 3. The molecule has 0 aliphatic carbocycles. The second-order valence-corrected chi connectivity index (χ2v) is 9.57. The van der Waals surface area contributed by atoms with E-state index in [1.54, 1.807) is 6.20 Å². The third-order valence-electron chi connectivity index (χ3n) is 5.80. The monoisotopic (exact) mass is 436 g/mol. The van der Waals surface area contributed by atoms with Gasteiger partial charge in [-0.05, 0) is 36.2 Å². The Hall–Kier alpha value is -2.99. The van der Waals surface area contributed by atoms with Crippen LogP contribution < -0.4 is 0 Å². The van der Waals surface area contributed by atoms with Crippen LogP contribution in [0.15, 0.2) is 53.6 Å². The highest BCUT2D eigenvalue weighted by Crippen LogP contribution is 2.23. The number of Topliss-reactive ketones (excluding diaryl/α,β-unsaturated/α-hetero) is 1. The van der Waals surface area contributed by atoms with E-state index in [0.717, 1.165) is 17.3 Å². The number of carbonyl (C=O) groups excluding carboxylic acids is 1. The van der Waals surface area contributed by atoms with Crippen molar-refractivity contribution in [3.8, 4) is 6.07 Å². The molecule has 1 N–H and O–H groups in total. The Labute approximate surface area is 181 Å². The SMILES string of the molecule is CCc1cccc2c(C(=O)CN3CCN(S(=O)(=O)c4ccc(C#N)cc4)CC3)c[nH]c12. The third kappa shape index (κ3) is 4.12. The fourth-order valence-electron chi connectivity index (χ4n) is 4.01. The minimum atomic E-state index is -3.61. The maximum absolute atomic E-state index is 12.9. The summed E-state index contributed by atoms with van der Waals surface area (Å²) in [7, 11) is -3.61. The van der Waals surface area contributed by atoms with Crippen molar-refractivity contribution in [3.05, 3.63) is 65.4 Å². The van der Waals surface area contributed by atoms with E-state index in [2.05, 4.69) is 18.0 Å². The summed E-state index contributed by atoms with van der Waals surface area (Å²) in [4.78, 5) is 18.3. The number of ketones is 1. The van der Waals surface area contributed by atoms with Gasteiger partial charge in [0, 0.05) is 48.8 Å². The van der Waals surface area contributed by atoms with Crippen molar-refractivity contribution in [3.63, 3.8) is 0 Å². The fourth-order valence-corrected chi connectivity index (χ4v) is 5.43. The van der Waals surface area contributed by atoms with Gasteiger partial charge in [-0.3, -0.25) is 9.69 Å². The molecule has 0 bridgehead atoms. The van der Waals surface area contributed by atoms with Gasteiger partial charge in [0.25, 0.3) is 0 Å². The van der Waals surface area contributed by atoms with Gasteiger partial charge in [-0.15, -0.1) is 0 Å². The Kier molecular flexibility index (Phi) is 5.92. The van der Waals surface area contributed by atoms with E-state index in [4.69, 9.17) is 5.26 Å². The molecule has 0 amide bonds. The van der Waals surface area contributed by atoms with Gasteiger partial charge in [-0.1, -0.05) is 25.1 Å². The van der Waals surface area contributed by atoms with E-state index in [-0.39, 0.29) is 17.2 Å². The molecule has 1 aliphatic heterocycles. The Bertz CT molecular complexity index is 1250. The number of aryl methyl sites for hydroxylation is 1. The van der Waals surface area contributed by atoms with E-state index in [1.807, 2.05) is 23.1 Å². The summed E-state index contributed by atoms with van der Waals surface area (Å²) >= 11 is 0. The lowest BCUT2D eigenvalue weighted by Gasteiger charge is -2.33. The molecule has 4 rings (SSSR count). The minimum Gasteiger partial charge on any atom is -0.360 e. The number of hydrogen-bond acceptors (Lipinski definition) is 5. The van der Waals surface area contributed by atoms with Gasteiger partial charge in [0.2, 0.25) is 10.0 Å². The molecule has 7 nitrogen and oxygen atoms in total. The molecule has 1 saturated heterocycles. The molecule has 1 aliphatic rings. The maximum Gasteiger partial charge on any atom is 0.243 e. The highest BCUT2D eigenvalue weighted by Gasteiger charge is 2.29. The van der Waals surface area contributed by atoms with Crippen LogP contribution in [0.2, 0.25) is 0 Å². The number of sulfonamides is 1. The molecule has 0 spiro atoms. The van der Waals surface area contributed by atoms with E-state index >= 15 is 0 Å². The van der Waals surface area contributed by atoms with Crippen LogP contribution in [0, 0.1) is 11.3 Å². The van der Waals surface area contributed by atoms with E-state index in [0.29, 0.717) is 37.3 Å². The first-order valence-corrected chi connectivity index (χ1v) is 11.7. The number of para-hydroxylation sites is 1. The highest BCUT2D eigenvalue weighted by molar-refractivity contribution is 7.89. The zero-order valence-electron chi connectivity index (χ0n) is 17.3. The van der Waals surface area contributed by atoms with Gasteiger partial charge in [0.15, 0.2) is 5.78 Å². The largest absolute Gasteiger partial charge is 0.360 e. The van der Waals surface area contributed by atoms with Gasteiger partial charge in [-0.25, -0.2) is 8.42 Å². The lowest BCUT2D eigenvalue weighted by Crippen LogP contribution is -2.49. The first-order valence-electron chi connectivity index (χ1n) is 10.3. The predicted molar refractivity (Wildman–Crippen MR) is 118 cm³/mol. The number of nitriles is 1. The van der Waals surface area contributed by atoms with Crippen molar-refractivity contribution in [1.82, 2.24) is 14.2 Å². The van der Waals surface area contributed by atoms with E-state index in [1.165, 1.54) is 34.1 Å². The molecule has 1 fully saturated rings. The Morgan fingerprint density at radius 2 is 1.81 bits per heavy atom. The van der Waals surface area contributed by atoms with Crippen LogP contribution in [0.5, 0.6) is 0 Å². The predicted octanol–water partition coefficient (Wildman–Crippen LogP) is 2.79. The normalized spacial score (nSPS) is 15.7. The Morgan fingerprint density at radius 3 is 2.45 bits per heavy atom. The summed E-state index contributed by atoms with van der Waals surface area (Å²) in [5.74, 6) is 0.0305. The maximum atomic E-state index is 12.9. The number of hydrogen-bond donors (Lipinski definition) is 1. The van der Waals surface area contributed by atoms with Crippen molar-refractivity contribution in [2.75, 3.05) is 32.7 Å². The van der Waals surface area contributed by atoms with Gasteiger partial charge in [0.1, 0.15) is 0 Å². The van der Waals surface area contributed by atoms with Gasteiger partial charge >= 0.3 is 0 Å². The topological polar surface area (TPSA) is 97.3 Å². The second kappa shape index (κ2) is 8.63. The van der Waals surface area contributed by atoms with Crippen LogP contribution in [0.4, 0.5) is 0 Å². The number of nitrogens with one attached hydrogen (secondary N) is 1. The zero-order chi connectivity index (χ0) is 22.0. The van der Waals surface area contributed by atoms with Crippen LogP contribution in [0.1, 0.15) is 28.4 Å². The highest BCUT2D eigenvalue weighted by atomic mass is 32.2. The van der Waals surface area contributed by atoms with Gasteiger partial charge < -0.3 is 4.98 Å². The molecule has 2 aromatic carbocycles. The van der Waals surface area contributed by atoms with Gasteiger partial charge in [-0.2, -0.15) is 9.57 Å². The number of piperazine rings is 1. The fraction of sp³-hybridized carbons (Fsp3) is 0.304. The van der Waals surface area contributed by atoms with Crippen LogP contribution in [0.25, 0.3) is 10.9 Å². The molecular weight excluding hydrogens is 412 g/mol. The van der Waals surface area contributed by atoms with Crippen LogP contribution in [-0.4, -0.2) is 61.1 Å². The number of carbonyl (C=O) groups is 1. The minimum absolute atomic E-state index is 0.0305. The van der Waals surface area contributed by atoms with Crippen LogP contribution >= 0.6 is 0 Å². The molecule has 0 saturated carbocycles. The summed E-state index contributed by atoms with van der Waals surface area (Å²) in [5, 5.41) is 9.83. The number of aromatic amines is 1. The Morgan fingerprint density at radius 1 is 1.10 bits per heavy atom. The molecule has 160 valence electrons. The van der Waals surface area contributed by atoms with Crippen molar-refractivity contribution in [2.45, 2.75) is 18.2 Å². The quantitative estimate of drug-likeness (QED) is 0.599. The molecule has 8 heteroatoms. The zero-order valence-corrected chi connectivity index (χ0v) is 18.2. The lowest BCUT2D eigenvalue weighted by molar-refractivity contribution is 0.0903. The first kappa shape index (κ1) is 21.2. The number of rotatable bonds is 6. The van der Waals surface area contributed by atoms with Crippen molar-refractivity contribution in [2.24, 2.45) is 0 Å². The van der Waals surface area contributed by atoms with E-state index < -0.39 is 10.0 Å². The summed E-state index contributed by atoms with van der Waals surface area (Å²) in [5.41, 5.74) is 3.29. The number of benzene rings is 2. The molecule has 0 unspecified atom stereocenters. The first-order chi connectivity index (χ1) is 14.9. The lowest BCUT2D eigenvalue weighted by atomic mass is 10.0. The van der Waals surface area contributed by atoms with Crippen LogP contribution in [0.3, 0.4) is 0 Å².